The second-order valence-electron chi connectivity index (χ2n) is 3.02. The van der Waals surface area contributed by atoms with Crippen LogP contribution in [-0.4, -0.2) is 17.5 Å². The Morgan fingerprint density at radius 2 is 1.71 bits per heavy atom. The predicted molar refractivity (Wildman–Crippen MR) is 61.9 cm³/mol. The summed E-state index contributed by atoms with van der Waals surface area (Å²) in [7, 11) is 0. The molecule has 0 heterocycles. The summed E-state index contributed by atoms with van der Waals surface area (Å²) in [4.78, 5) is 11.1. The second-order valence-corrected chi connectivity index (χ2v) is 3.77. The van der Waals surface area contributed by atoms with E-state index in [-0.39, 0.29) is 5.78 Å². The van der Waals surface area contributed by atoms with Gasteiger partial charge < -0.3 is 0 Å². The van der Waals surface area contributed by atoms with Gasteiger partial charge in [0.1, 0.15) is 0 Å². The van der Waals surface area contributed by atoms with Crippen LogP contribution in [0, 0.1) is 11.8 Å². The molecule has 0 N–H and O–H groups in total. The Labute approximate surface area is 96.2 Å². The van der Waals surface area contributed by atoms with E-state index in [9.17, 15) is 4.79 Å². The highest BCUT2D eigenvalue weighted by molar-refractivity contribution is 6.18. The van der Waals surface area contributed by atoms with Crippen LogP contribution in [0.1, 0.15) is 38.5 Å². The summed E-state index contributed by atoms with van der Waals surface area (Å²) in [5.74, 6) is 6.75. The van der Waals surface area contributed by atoms with Crippen molar-refractivity contribution in [3.8, 4) is 11.8 Å². The van der Waals surface area contributed by atoms with Gasteiger partial charge in [0.05, 0.1) is 0 Å². The fourth-order valence-corrected chi connectivity index (χ4v) is 1.26. The first-order valence-corrected chi connectivity index (χ1v) is 6.01. The summed E-state index contributed by atoms with van der Waals surface area (Å²) in [5, 5.41) is 0. The summed E-state index contributed by atoms with van der Waals surface area (Å²) in [6.45, 7) is 0. The lowest BCUT2D eigenvalue weighted by Crippen LogP contribution is -1.93. The molecule has 0 aromatic heterocycles. The fourth-order valence-electron chi connectivity index (χ4n) is 0.936. The molecule has 0 aliphatic rings. The summed E-state index contributed by atoms with van der Waals surface area (Å²) >= 11 is 11.0. The summed E-state index contributed by atoms with van der Waals surface area (Å²) in [5.41, 5.74) is 0. The average molecular weight is 235 g/mol. The van der Waals surface area contributed by atoms with Gasteiger partial charge in [-0.15, -0.1) is 23.2 Å². The van der Waals surface area contributed by atoms with Crippen molar-refractivity contribution in [3.05, 3.63) is 0 Å². The average Bonchev–Trinajstić information content (AvgIpc) is 2.19. The minimum Gasteiger partial charge on any atom is -0.285 e. The van der Waals surface area contributed by atoms with Gasteiger partial charge in [-0.3, -0.25) is 4.79 Å². The first-order chi connectivity index (χ1) is 6.81. The molecule has 0 bridgehead atoms. The van der Waals surface area contributed by atoms with Gasteiger partial charge in [0.25, 0.3) is 0 Å². The topological polar surface area (TPSA) is 17.1 Å². The third-order valence-electron chi connectivity index (χ3n) is 1.70. The molecule has 0 saturated heterocycles. The highest BCUT2D eigenvalue weighted by atomic mass is 35.5. The zero-order chi connectivity index (χ0) is 10.6. The van der Waals surface area contributed by atoms with Gasteiger partial charge >= 0.3 is 0 Å². The lowest BCUT2D eigenvalue weighted by Gasteiger charge is -1.93. The largest absolute Gasteiger partial charge is 0.285 e. The van der Waals surface area contributed by atoms with Crippen molar-refractivity contribution in [3.63, 3.8) is 0 Å². The molecule has 1 nitrogen and oxygen atoms in total. The SMILES string of the molecule is O=C(C#CCCCCl)CCCCCCl. The van der Waals surface area contributed by atoms with Crippen LogP contribution >= 0.6 is 23.2 Å². The van der Waals surface area contributed by atoms with Gasteiger partial charge in [-0.25, -0.2) is 0 Å². The van der Waals surface area contributed by atoms with Gasteiger partial charge in [-0.2, -0.15) is 0 Å². The van der Waals surface area contributed by atoms with E-state index in [0.29, 0.717) is 18.2 Å². The van der Waals surface area contributed by atoms with Crippen LogP contribution in [0.25, 0.3) is 0 Å². The van der Waals surface area contributed by atoms with Crippen molar-refractivity contribution in [2.45, 2.75) is 38.5 Å². The third-order valence-corrected chi connectivity index (χ3v) is 2.24. The zero-order valence-electron chi connectivity index (χ0n) is 8.32. The molecule has 0 aliphatic carbocycles. The first kappa shape index (κ1) is 13.8. The lowest BCUT2D eigenvalue weighted by atomic mass is 10.1. The molecule has 0 aromatic rings. The van der Waals surface area contributed by atoms with E-state index in [1.807, 2.05) is 0 Å². The first-order valence-electron chi connectivity index (χ1n) is 4.95. The van der Waals surface area contributed by atoms with Crippen molar-refractivity contribution >= 4 is 29.0 Å². The number of carbonyl (C=O) groups excluding carboxylic acids is 1. The third kappa shape index (κ3) is 9.89. The number of hydrogen-bond acceptors (Lipinski definition) is 1. The van der Waals surface area contributed by atoms with E-state index in [1.54, 1.807) is 0 Å². The van der Waals surface area contributed by atoms with E-state index >= 15 is 0 Å². The Morgan fingerprint density at radius 1 is 1.00 bits per heavy atom. The number of carbonyl (C=O) groups is 1. The second kappa shape index (κ2) is 10.9. The zero-order valence-corrected chi connectivity index (χ0v) is 9.83. The van der Waals surface area contributed by atoms with Crippen LogP contribution in [0.2, 0.25) is 0 Å². The highest BCUT2D eigenvalue weighted by Crippen LogP contribution is 2.01. The quantitative estimate of drug-likeness (QED) is 0.286. The fraction of sp³-hybridized carbons (Fsp3) is 0.727. The van der Waals surface area contributed by atoms with Gasteiger partial charge in [0.2, 0.25) is 5.78 Å². The minimum atomic E-state index is 0.0362. The van der Waals surface area contributed by atoms with Crippen LogP contribution in [0.4, 0.5) is 0 Å². The Morgan fingerprint density at radius 3 is 2.36 bits per heavy atom. The molecule has 0 fully saturated rings. The van der Waals surface area contributed by atoms with Crippen LogP contribution in [0.5, 0.6) is 0 Å². The molecule has 0 spiro atoms. The number of ketones is 1. The Bertz CT molecular complexity index is 203. The van der Waals surface area contributed by atoms with Crippen LogP contribution < -0.4 is 0 Å². The molecule has 0 atom stereocenters. The molecular formula is C11H16Cl2O. The van der Waals surface area contributed by atoms with Crippen molar-refractivity contribution in [1.82, 2.24) is 0 Å². The molecule has 0 radical (unpaired) electrons. The minimum absolute atomic E-state index is 0.0362. The maximum absolute atomic E-state index is 11.1. The Hall–Kier alpha value is -0.190. The maximum atomic E-state index is 11.1. The Kier molecular flexibility index (Phi) is 10.7. The van der Waals surface area contributed by atoms with Gasteiger partial charge in [-0.05, 0) is 25.2 Å². The summed E-state index contributed by atoms with van der Waals surface area (Å²) in [6.07, 6.45) is 5.03. The molecule has 0 amide bonds. The molecule has 0 aliphatic heterocycles. The summed E-state index contributed by atoms with van der Waals surface area (Å²) in [6, 6.07) is 0. The maximum Gasteiger partial charge on any atom is 0.205 e. The number of unbranched alkanes of at least 4 members (excludes halogenated alkanes) is 3. The number of Topliss-reactive ketones (excluding diaryl/α,β-unsaturated/α-hetero) is 1. The van der Waals surface area contributed by atoms with Gasteiger partial charge in [0.15, 0.2) is 0 Å². The van der Waals surface area contributed by atoms with Crippen LogP contribution in [-0.2, 0) is 4.79 Å². The van der Waals surface area contributed by atoms with E-state index in [1.165, 1.54) is 0 Å². The van der Waals surface area contributed by atoms with E-state index in [0.717, 1.165) is 32.1 Å². The van der Waals surface area contributed by atoms with E-state index in [2.05, 4.69) is 11.8 Å². The molecule has 14 heavy (non-hydrogen) atoms. The Balaban J connectivity index is 3.38. The molecule has 0 aromatic carbocycles. The standard InChI is InChI=1S/C11H16Cl2O/c12-9-5-1-3-7-11(14)8-4-2-6-10-13/h1-3,5-7,9-10H2. The van der Waals surface area contributed by atoms with E-state index < -0.39 is 0 Å². The number of hydrogen-bond donors (Lipinski definition) is 0. The monoisotopic (exact) mass is 234 g/mol. The molecule has 0 saturated carbocycles. The van der Waals surface area contributed by atoms with Crippen molar-refractivity contribution in [1.29, 1.82) is 0 Å². The number of halogens is 2. The molecule has 0 unspecified atom stereocenters. The summed E-state index contributed by atoms with van der Waals surface area (Å²) < 4.78 is 0. The van der Waals surface area contributed by atoms with Crippen molar-refractivity contribution in [2.75, 3.05) is 11.8 Å². The van der Waals surface area contributed by atoms with Crippen molar-refractivity contribution in [2.24, 2.45) is 0 Å². The number of alkyl halides is 2. The van der Waals surface area contributed by atoms with E-state index in [4.69, 9.17) is 23.2 Å². The van der Waals surface area contributed by atoms with Gasteiger partial charge in [0, 0.05) is 24.6 Å². The smallest absolute Gasteiger partial charge is 0.205 e. The molecule has 0 rings (SSSR count). The molecule has 3 heteroatoms. The lowest BCUT2D eigenvalue weighted by molar-refractivity contribution is -0.113. The highest BCUT2D eigenvalue weighted by Gasteiger charge is 1.95. The molecular weight excluding hydrogens is 219 g/mol. The predicted octanol–water partition coefficient (Wildman–Crippen LogP) is 3.38. The van der Waals surface area contributed by atoms with Crippen molar-refractivity contribution < 1.29 is 4.79 Å². The number of rotatable bonds is 7. The normalized spacial score (nSPS) is 9.29. The van der Waals surface area contributed by atoms with Crippen LogP contribution in [0.3, 0.4) is 0 Å². The van der Waals surface area contributed by atoms with Crippen LogP contribution in [0.15, 0.2) is 0 Å². The van der Waals surface area contributed by atoms with Gasteiger partial charge in [-0.1, -0.05) is 12.3 Å². The molecule has 80 valence electrons.